The number of anilines is 1. The molecular weight excluding hydrogens is 380 g/mol. The fourth-order valence-corrected chi connectivity index (χ4v) is 2.91. The first-order chi connectivity index (χ1) is 12.1. The number of nitrogens with one attached hydrogen (secondary N) is 1. The summed E-state index contributed by atoms with van der Waals surface area (Å²) in [5, 5.41) is 2.93. The van der Waals surface area contributed by atoms with Crippen molar-refractivity contribution in [3.05, 3.63) is 58.6 Å². The minimum Gasteiger partial charge on any atom is -0.497 e. The number of ether oxygens (including phenoxy) is 1. The first-order valence-corrected chi connectivity index (χ1v) is 9.23. The second kappa shape index (κ2) is 10.2. The van der Waals surface area contributed by atoms with Gasteiger partial charge in [0.2, 0.25) is 5.91 Å². The van der Waals surface area contributed by atoms with Gasteiger partial charge in [0, 0.05) is 17.4 Å². The van der Waals surface area contributed by atoms with E-state index in [1.165, 1.54) is 5.56 Å². The van der Waals surface area contributed by atoms with Gasteiger partial charge in [-0.25, -0.2) is 0 Å². The van der Waals surface area contributed by atoms with Crippen LogP contribution < -0.4 is 10.1 Å². The van der Waals surface area contributed by atoms with Crippen LogP contribution in [0.15, 0.2) is 53.0 Å². The van der Waals surface area contributed by atoms with E-state index in [-0.39, 0.29) is 5.91 Å². The summed E-state index contributed by atoms with van der Waals surface area (Å²) in [6.07, 6.45) is 2.58. The van der Waals surface area contributed by atoms with Gasteiger partial charge in [-0.3, -0.25) is 4.79 Å². The van der Waals surface area contributed by atoms with Gasteiger partial charge in [-0.15, -0.1) is 0 Å². The van der Waals surface area contributed by atoms with Gasteiger partial charge in [0.05, 0.1) is 12.8 Å². The van der Waals surface area contributed by atoms with Gasteiger partial charge in [-0.2, -0.15) is 0 Å². The van der Waals surface area contributed by atoms with E-state index in [0.29, 0.717) is 6.42 Å². The molecule has 0 aliphatic heterocycles. The molecule has 0 spiro atoms. The van der Waals surface area contributed by atoms with Crippen molar-refractivity contribution in [1.29, 1.82) is 0 Å². The molecule has 0 radical (unpaired) electrons. The number of halogens is 1. The zero-order valence-electron chi connectivity index (χ0n) is 14.8. The van der Waals surface area contributed by atoms with E-state index in [4.69, 9.17) is 4.74 Å². The minimum absolute atomic E-state index is 0.0360. The van der Waals surface area contributed by atoms with Crippen LogP contribution in [0, 0.1) is 0 Å². The first kappa shape index (κ1) is 19.5. The van der Waals surface area contributed by atoms with Crippen molar-refractivity contribution in [2.45, 2.75) is 19.3 Å². The molecule has 0 aliphatic rings. The zero-order chi connectivity index (χ0) is 18.1. The molecule has 2 rings (SSSR count). The molecule has 2 aromatic rings. The number of amides is 1. The lowest BCUT2D eigenvalue weighted by Crippen LogP contribution is -2.25. The van der Waals surface area contributed by atoms with Crippen LogP contribution in [0.5, 0.6) is 5.75 Å². The Kier molecular flexibility index (Phi) is 7.95. The largest absolute Gasteiger partial charge is 0.497 e. The number of nitrogens with zero attached hydrogens (tertiary/aromatic N) is 1. The third-order valence-electron chi connectivity index (χ3n) is 4.03. The predicted octanol–water partition coefficient (Wildman–Crippen LogP) is 4.35. The Morgan fingerprint density at radius 1 is 1.12 bits per heavy atom. The van der Waals surface area contributed by atoms with Crippen molar-refractivity contribution in [3.63, 3.8) is 0 Å². The monoisotopic (exact) mass is 404 g/mol. The number of benzene rings is 2. The van der Waals surface area contributed by atoms with Crippen LogP contribution >= 0.6 is 15.9 Å². The van der Waals surface area contributed by atoms with E-state index in [1.54, 1.807) is 7.11 Å². The number of hydrogen-bond acceptors (Lipinski definition) is 3. The fourth-order valence-electron chi connectivity index (χ4n) is 2.52. The van der Waals surface area contributed by atoms with Gasteiger partial charge >= 0.3 is 0 Å². The molecule has 0 heterocycles. The summed E-state index contributed by atoms with van der Waals surface area (Å²) >= 11 is 3.44. The van der Waals surface area contributed by atoms with Crippen molar-refractivity contribution in [2.75, 3.05) is 32.6 Å². The molecule has 5 heteroatoms. The van der Waals surface area contributed by atoms with E-state index in [1.807, 2.05) is 36.4 Å². The van der Waals surface area contributed by atoms with Crippen molar-refractivity contribution in [3.8, 4) is 5.75 Å². The second-order valence-corrected chi connectivity index (χ2v) is 6.89. The third kappa shape index (κ3) is 6.88. The standard InChI is InChI=1S/C20H25BrN2O2/c1-23(14-5-6-16-9-11-17(25-2)12-10-16)15-13-20(24)22-19-8-4-3-7-18(19)21/h3-4,7-12H,5-6,13-15H2,1-2H3,(H,22,24). The Labute approximate surface area is 158 Å². The summed E-state index contributed by atoms with van der Waals surface area (Å²) in [6.45, 7) is 1.72. The number of carbonyl (C=O) groups is 1. The molecule has 2 aromatic carbocycles. The average Bonchev–Trinajstić information content (AvgIpc) is 2.62. The molecule has 0 saturated heterocycles. The van der Waals surface area contributed by atoms with Gasteiger partial charge in [0.1, 0.15) is 5.75 Å². The number of hydrogen-bond donors (Lipinski definition) is 1. The number of aryl methyl sites for hydroxylation is 1. The lowest BCUT2D eigenvalue weighted by molar-refractivity contribution is -0.116. The van der Waals surface area contributed by atoms with Crippen LogP contribution in [0.3, 0.4) is 0 Å². The quantitative estimate of drug-likeness (QED) is 0.675. The maximum atomic E-state index is 12.1. The van der Waals surface area contributed by atoms with Crippen LogP contribution in [-0.2, 0) is 11.2 Å². The fraction of sp³-hybridized carbons (Fsp3) is 0.350. The van der Waals surface area contributed by atoms with Gasteiger partial charge < -0.3 is 15.0 Å². The normalized spacial score (nSPS) is 10.7. The molecule has 0 fully saturated rings. The Bertz CT molecular complexity index is 674. The van der Waals surface area contributed by atoms with Gasteiger partial charge in [-0.1, -0.05) is 24.3 Å². The van der Waals surface area contributed by atoms with E-state index < -0.39 is 0 Å². The Morgan fingerprint density at radius 2 is 1.84 bits per heavy atom. The van der Waals surface area contributed by atoms with Crippen molar-refractivity contribution in [1.82, 2.24) is 4.90 Å². The summed E-state index contributed by atoms with van der Waals surface area (Å²) in [7, 11) is 3.73. The van der Waals surface area contributed by atoms with E-state index in [2.05, 4.69) is 45.3 Å². The first-order valence-electron chi connectivity index (χ1n) is 8.44. The molecule has 134 valence electrons. The molecule has 0 saturated carbocycles. The van der Waals surface area contributed by atoms with Gasteiger partial charge in [0.15, 0.2) is 0 Å². The molecule has 4 nitrogen and oxygen atoms in total. The highest BCUT2D eigenvalue weighted by Gasteiger charge is 2.07. The molecule has 0 aliphatic carbocycles. The highest BCUT2D eigenvalue weighted by molar-refractivity contribution is 9.10. The molecule has 0 aromatic heterocycles. The highest BCUT2D eigenvalue weighted by atomic mass is 79.9. The lowest BCUT2D eigenvalue weighted by Gasteiger charge is -2.16. The molecule has 1 amide bonds. The summed E-state index contributed by atoms with van der Waals surface area (Å²) in [5.41, 5.74) is 2.12. The number of rotatable bonds is 9. The van der Waals surface area contributed by atoms with E-state index >= 15 is 0 Å². The molecule has 0 unspecified atom stereocenters. The summed E-state index contributed by atoms with van der Waals surface area (Å²) in [4.78, 5) is 14.3. The topological polar surface area (TPSA) is 41.6 Å². The maximum absolute atomic E-state index is 12.1. The zero-order valence-corrected chi connectivity index (χ0v) is 16.4. The minimum atomic E-state index is 0.0360. The Balaban J connectivity index is 1.65. The highest BCUT2D eigenvalue weighted by Crippen LogP contribution is 2.21. The second-order valence-electron chi connectivity index (χ2n) is 6.03. The third-order valence-corrected chi connectivity index (χ3v) is 4.72. The summed E-state index contributed by atoms with van der Waals surface area (Å²) < 4.78 is 6.07. The maximum Gasteiger partial charge on any atom is 0.225 e. The summed E-state index contributed by atoms with van der Waals surface area (Å²) in [5.74, 6) is 0.922. The lowest BCUT2D eigenvalue weighted by atomic mass is 10.1. The van der Waals surface area contributed by atoms with E-state index in [9.17, 15) is 4.79 Å². The van der Waals surface area contributed by atoms with Crippen LogP contribution in [-0.4, -0.2) is 38.1 Å². The van der Waals surface area contributed by atoms with Crippen LogP contribution in [0.1, 0.15) is 18.4 Å². The number of para-hydroxylation sites is 1. The van der Waals surface area contributed by atoms with E-state index in [0.717, 1.165) is 41.8 Å². The predicted molar refractivity (Wildman–Crippen MR) is 106 cm³/mol. The smallest absolute Gasteiger partial charge is 0.225 e. The Hall–Kier alpha value is -1.85. The molecule has 1 N–H and O–H groups in total. The van der Waals surface area contributed by atoms with Crippen LogP contribution in [0.2, 0.25) is 0 Å². The SMILES string of the molecule is COc1ccc(CCCN(C)CCC(=O)Nc2ccccc2Br)cc1. The Morgan fingerprint density at radius 3 is 2.52 bits per heavy atom. The average molecular weight is 405 g/mol. The van der Waals surface area contributed by atoms with Gasteiger partial charge in [0.25, 0.3) is 0 Å². The number of methoxy groups -OCH3 is 1. The molecular formula is C20H25BrN2O2. The summed E-state index contributed by atoms with van der Waals surface area (Å²) in [6, 6.07) is 15.8. The van der Waals surface area contributed by atoms with Crippen LogP contribution in [0.25, 0.3) is 0 Å². The van der Waals surface area contributed by atoms with Crippen molar-refractivity contribution >= 4 is 27.5 Å². The van der Waals surface area contributed by atoms with Crippen molar-refractivity contribution in [2.24, 2.45) is 0 Å². The molecule has 25 heavy (non-hydrogen) atoms. The van der Waals surface area contributed by atoms with Crippen LogP contribution in [0.4, 0.5) is 5.69 Å². The van der Waals surface area contributed by atoms with Gasteiger partial charge in [-0.05, 0) is 72.2 Å². The molecule has 0 bridgehead atoms. The van der Waals surface area contributed by atoms with Crippen molar-refractivity contribution < 1.29 is 9.53 Å². The number of carbonyl (C=O) groups excluding carboxylic acids is 1. The molecule has 0 atom stereocenters.